The van der Waals surface area contributed by atoms with Crippen molar-refractivity contribution in [3.8, 4) is 0 Å². The van der Waals surface area contributed by atoms with E-state index in [9.17, 15) is 0 Å². The maximum Gasteiger partial charge on any atom is 0.236 e. The monoisotopic (exact) mass is 233 g/mol. The average molecular weight is 233 g/mol. The minimum Gasteiger partial charge on any atom is -0.424 e. The molecule has 0 spiro atoms. The molecule has 17 heavy (non-hydrogen) atoms. The zero-order valence-corrected chi connectivity index (χ0v) is 9.76. The van der Waals surface area contributed by atoms with Crippen LogP contribution in [0, 0.1) is 6.92 Å². The van der Waals surface area contributed by atoms with Gasteiger partial charge in [-0.2, -0.15) is 0 Å². The fraction of sp³-hybridized carbons (Fsp3) is 0.545. The Bertz CT molecular complexity index is 499. The van der Waals surface area contributed by atoms with E-state index in [-0.39, 0.29) is 0 Å². The first kappa shape index (κ1) is 10.5. The van der Waals surface area contributed by atoms with Gasteiger partial charge < -0.3 is 14.3 Å². The molecule has 2 aromatic rings. The van der Waals surface area contributed by atoms with E-state index in [0.29, 0.717) is 24.4 Å². The number of hydrogen-bond donors (Lipinski definition) is 1. The molecule has 6 nitrogen and oxygen atoms in total. The number of hydrogen-bond acceptors (Lipinski definition) is 5. The minimum atomic E-state index is 0.586. The Hall–Kier alpha value is -1.69. The third-order valence-corrected chi connectivity index (χ3v) is 2.80. The topological polar surface area (TPSA) is 68.8 Å². The molecule has 0 amide bonds. The molecule has 0 bridgehead atoms. The second-order valence-corrected chi connectivity index (χ2v) is 4.34. The molecule has 0 aromatic carbocycles. The summed E-state index contributed by atoms with van der Waals surface area (Å²) in [4.78, 5) is 4.33. The number of rotatable bonds is 5. The van der Waals surface area contributed by atoms with Crippen molar-refractivity contribution in [3.05, 3.63) is 30.0 Å². The van der Waals surface area contributed by atoms with Gasteiger partial charge in [0.25, 0.3) is 0 Å². The Balaban J connectivity index is 1.67. The molecule has 0 unspecified atom stereocenters. The quantitative estimate of drug-likeness (QED) is 0.830. The highest BCUT2D eigenvalue weighted by atomic mass is 16.4. The smallest absolute Gasteiger partial charge is 0.236 e. The Kier molecular flexibility index (Phi) is 2.64. The van der Waals surface area contributed by atoms with Gasteiger partial charge in [0.2, 0.25) is 11.8 Å². The van der Waals surface area contributed by atoms with E-state index < -0.39 is 0 Å². The van der Waals surface area contributed by atoms with Gasteiger partial charge in [0.05, 0.1) is 6.54 Å². The molecule has 0 radical (unpaired) electrons. The summed E-state index contributed by atoms with van der Waals surface area (Å²) in [6.45, 7) is 3.17. The number of nitrogens with zero attached hydrogens (tertiary/aromatic N) is 4. The first-order valence-corrected chi connectivity index (χ1v) is 5.83. The molecule has 2 aromatic heterocycles. The van der Waals surface area contributed by atoms with Gasteiger partial charge in [-0.3, -0.25) is 0 Å². The highest BCUT2D eigenvalue weighted by Crippen LogP contribution is 2.19. The Morgan fingerprint density at radius 1 is 1.47 bits per heavy atom. The van der Waals surface area contributed by atoms with Crippen molar-refractivity contribution in [3.63, 3.8) is 0 Å². The van der Waals surface area contributed by atoms with Crippen molar-refractivity contribution in [1.29, 1.82) is 0 Å². The first-order valence-electron chi connectivity index (χ1n) is 5.83. The number of nitrogens with one attached hydrogen (secondary N) is 1. The van der Waals surface area contributed by atoms with Crippen LogP contribution in [0.15, 0.2) is 16.8 Å². The van der Waals surface area contributed by atoms with Crippen LogP contribution in [-0.2, 0) is 13.1 Å². The largest absolute Gasteiger partial charge is 0.424 e. The van der Waals surface area contributed by atoms with Crippen LogP contribution >= 0.6 is 0 Å². The van der Waals surface area contributed by atoms with Gasteiger partial charge in [0, 0.05) is 25.4 Å². The molecule has 0 aliphatic heterocycles. The van der Waals surface area contributed by atoms with Crippen LogP contribution in [0.4, 0.5) is 0 Å². The third kappa shape index (κ3) is 2.52. The lowest BCUT2D eigenvalue weighted by atomic mass is 10.5. The number of imidazole rings is 1. The van der Waals surface area contributed by atoms with Gasteiger partial charge in [0.15, 0.2) is 0 Å². The number of aryl methyl sites for hydroxylation is 1. The van der Waals surface area contributed by atoms with E-state index in [0.717, 1.165) is 12.4 Å². The molecule has 1 N–H and O–H groups in total. The van der Waals surface area contributed by atoms with Crippen molar-refractivity contribution in [1.82, 2.24) is 25.1 Å². The van der Waals surface area contributed by atoms with Gasteiger partial charge in [0.1, 0.15) is 12.4 Å². The summed E-state index contributed by atoms with van der Waals surface area (Å²) in [6, 6.07) is 0.686. The van der Waals surface area contributed by atoms with Gasteiger partial charge in [-0.05, 0) is 12.8 Å². The Morgan fingerprint density at radius 3 is 3.06 bits per heavy atom. The summed E-state index contributed by atoms with van der Waals surface area (Å²) in [5.74, 6) is 2.22. The summed E-state index contributed by atoms with van der Waals surface area (Å²) in [7, 11) is 0. The SMILES string of the molecule is Cc1nnc(Cn2ccnc2CNC2CC2)o1. The Morgan fingerprint density at radius 2 is 2.35 bits per heavy atom. The normalized spacial score (nSPS) is 15.4. The molecule has 1 saturated carbocycles. The second kappa shape index (κ2) is 4.29. The minimum absolute atomic E-state index is 0.586. The molecule has 2 heterocycles. The Labute approximate surface area is 99.1 Å². The second-order valence-electron chi connectivity index (χ2n) is 4.34. The lowest BCUT2D eigenvalue weighted by Gasteiger charge is -2.05. The van der Waals surface area contributed by atoms with Gasteiger partial charge in [-0.1, -0.05) is 0 Å². The third-order valence-electron chi connectivity index (χ3n) is 2.80. The van der Waals surface area contributed by atoms with Crippen LogP contribution < -0.4 is 5.32 Å². The van der Waals surface area contributed by atoms with E-state index in [1.807, 2.05) is 10.8 Å². The predicted molar refractivity (Wildman–Crippen MR) is 60.2 cm³/mol. The van der Waals surface area contributed by atoms with Crippen LogP contribution in [0.3, 0.4) is 0 Å². The van der Waals surface area contributed by atoms with Crippen molar-refractivity contribution in [2.24, 2.45) is 0 Å². The standard InChI is InChI=1S/C11H15N5O/c1-8-14-15-11(17-8)7-16-5-4-12-10(16)6-13-9-2-3-9/h4-5,9,13H,2-3,6-7H2,1H3. The fourth-order valence-electron chi connectivity index (χ4n) is 1.72. The zero-order valence-electron chi connectivity index (χ0n) is 9.76. The molecule has 0 atom stereocenters. The molecule has 1 fully saturated rings. The highest BCUT2D eigenvalue weighted by molar-refractivity contribution is 4.96. The molecule has 0 saturated heterocycles. The average Bonchev–Trinajstić information content (AvgIpc) is 2.90. The van der Waals surface area contributed by atoms with Gasteiger partial charge in [-0.25, -0.2) is 4.98 Å². The highest BCUT2D eigenvalue weighted by Gasteiger charge is 2.20. The summed E-state index contributed by atoms with van der Waals surface area (Å²) in [5.41, 5.74) is 0. The summed E-state index contributed by atoms with van der Waals surface area (Å²) in [6.07, 6.45) is 6.30. The molecule has 3 rings (SSSR count). The van der Waals surface area contributed by atoms with E-state index in [1.165, 1.54) is 12.8 Å². The van der Waals surface area contributed by atoms with Crippen LogP contribution in [0.2, 0.25) is 0 Å². The lowest BCUT2D eigenvalue weighted by Crippen LogP contribution is -2.19. The van der Waals surface area contributed by atoms with Crippen molar-refractivity contribution < 1.29 is 4.42 Å². The maximum absolute atomic E-state index is 5.36. The zero-order chi connectivity index (χ0) is 11.7. The molecule has 6 heteroatoms. The van der Waals surface area contributed by atoms with E-state index >= 15 is 0 Å². The number of aromatic nitrogens is 4. The molecular formula is C11H15N5O. The summed E-state index contributed by atoms with van der Waals surface area (Å²) in [5, 5.41) is 11.2. The van der Waals surface area contributed by atoms with Crippen molar-refractivity contribution >= 4 is 0 Å². The van der Waals surface area contributed by atoms with E-state index in [2.05, 4.69) is 20.5 Å². The van der Waals surface area contributed by atoms with Crippen LogP contribution in [0.5, 0.6) is 0 Å². The maximum atomic E-state index is 5.36. The van der Waals surface area contributed by atoms with E-state index in [4.69, 9.17) is 4.42 Å². The fourth-order valence-corrected chi connectivity index (χ4v) is 1.72. The first-order chi connectivity index (χ1) is 8.31. The van der Waals surface area contributed by atoms with E-state index in [1.54, 1.807) is 13.1 Å². The molecule has 1 aliphatic rings. The molecule has 1 aliphatic carbocycles. The molecular weight excluding hydrogens is 218 g/mol. The van der Waals surface area contributed by atoms with Crippen LogP contribution in [-0.4, -0.2) is 25.8 Å². The van der Waals surface area contributed by atoms with Gasteiger partial charge >= 0.3 is 0 Å². The molecule has 90 valence electrons. The predicted octanol–water partition coefficient (Wildman–Crippen LogP) is 0.875. The lowest BCUT2D eigenvalue weighted by molar-refractivity contribution is 0.449. The van der Waals surface area contributed by atoms with Crippen molar-refractivity contribution in [2.75, 3.05) is 0 Å². The summed E-state index contributed by atoms with van der Waals surface area (Å²) < 4.78 is 7.39. The van der Waals surface area contributed by atoms with Crippen molar-refractivity contribution in [2.45, 2.75) is 38.9 Å². The summed E-state index contributed by atoms with van der Waals surface area (Å²) >= 11 is 0. The van der Waals surface area contributed by atoms with Crippen LogP contribution in [0.25, 0.3) is 0 Å². The van der Waals surface area contributed by atoms with Crippen LogP contribution in [0.1, 0.15) is 30.4 Å². The van der Waals surface area contributed by atoms with Gasteiger partial charge in [-0.15, -0.1) is 10.2 Å².